The number of hydrogen-bond donors (Lipinski definition) is 0. The average Bonchev–Trinajstić information content (AvgIpc) is 2.19. The van der Waals surface area contributed by atoms with Gasteiger partial charge in [-0.2, -0.15) is 5.26 Å². The molecule has 0 amide bonds. The van der Waals surface area contributed by atoms with Crippen molar-refractivity contribution in [3.63, 3.8) is 0 Å². The van der Waals surface area contributed by atoms with Crippen LogP contribution in [0, 0.1) is 11.3 Å². The van der Waals surface area contributed by atoms with Gasteiger partial charge in [0.05, 0.1) is 17.1 Å². The van der Waals surface area contributed by atoms with Gasteiger partial charge in [-0.25, -0.2) is 0 Å². The van der Waals surface area contributed by atoms with Gasteiger partial charge in [-0.1, -0.05) is 37.9 Å². The zero-order valence-electron chi connectivity index (χ0n) is 6.37. The number of nitrogens with zero attached hydrogens (tertiary/aromatic N) is 2. The number of pyridine rings is 1. The van der Waals surface area contributed by atoms with Crippen LogP contribution in [0.2, 0.25) is 0 Å². The first-order valence-corrected chi connectivity index (χ1v) is 5.48. The molecular weight excluding hydrogens is 284 g/mol. The predicted octanol–water partition coefficient (Wildman–Crippen LogP) is 2.88. The summed E-state index contributed by atoms with van der Waals surface area (Å²) in [5.74, 6) is 0. The Balaban J connectivity index is 0.000000261. The topological polar surface area (TPSA) is 36.7 Å². The van der Waals surface area contributed by atoms with Gasteiger partial charge < -0.3 is 0 Å². The number of alkyl halides is 2. The molecule has 0 aromatic carbocycles. The van der Waals surface area contributed by atoms with Crippen LogP contribution in [0.1, 0.15) is 5.69 Å². The first-order valence-electron chi connectivity index (χ1n) is 3.24. The molecule has 1 aromatic heterocycles. The zero-order valence-corrected chi connectivity index (χ0v) is 9.55. The molecule has 0 aliphatic carbocycles. The predicted molar refractivity (Wildman–Crippen MR) is 56.3 cm³/mol. The van der Waals surface area contributed by atoms with E-state index in [9.17, 15) is 0 Å². The monoisotopic (exact) mass is 290 g/mol. The molecule has 64 valence electrons. The molecule has 0 bridgehead atoms. The number of hydrogen-bond acceptors (Lipinski definition) is 2. The van der Waals surface area contributed by atoms with E-state index in [2.05, 4.69) is 36.8 Å². The second kappa shape index (κ2) is 8.69. The minimum absolute atomic E-state index is 0.438. The Hall–Kier alpha value is -0.400. The van der Waals surface area contributed by atoms with Gasteiger partial charge in [0.2, 0.25) is 0 Å². The fourth-order valence-electron chi connectivity index (χ4n) is 0.477. The summed E-state index contributed by atoms with van der Waals surface area (Å²) in [5.41, 5.74) is 1.08. The van der Waals surface area contributed by atoms with E-state index in [4.69, 9.17) is 5.26 Å². The van der Waals surface area contributed by atoms with Crippen LogP contribution in [0.5, 0.6) is 0 Å². The Labute approximate surface area is 88.9 Å². The summed E-state index contributed by atoms with van der Waals surface area (Å²) in [6.07, 6.45) is 1.79. The van der Waals surface area contributed by atoms with Crippen LogP contribution in [-0.4, -0.2) is 10.3 Å². The SMILES string of the molecule is BrCc1ccccn1.N#CCBr. The molecule has 0 atom stereocenters. The maximum Gasteiger partial charge on any atom is 0.0905 e. The van der Waals surface area contributed by atoms with Crippen molar-refractivity contribution in [2.45, 2.75) is 5.33 Å². The third kappa shape index (κ3) is 6.32. The molecule has 0 spiro atoms. The highest BCUT2D eigenvalue weighted by atomic mass is 79.9. The molecule has 0 fully saturated rings. The van der Waals surface area contributed by atoms with Crippen LogP contribution in [0.25, 0.3) is 0 Å². The molecule has 0 N–H and O–H groups in total. The summed E-state index contributed by atoms with van der Waals surface area (Å²) in [4.78, 5) is 4.05. The van der Waals surface area contributed by atoms with Crippen molar-refractivity contribution in [3.8, 4) is 6.07 Å². The summed E-state index contributed by atoms with van der Waals surface area (Å²) in [6.45, 7) is 0. The Morgan fingerprint density at radius 3 is 2.33 bits per heavy atom. The first-order chi connectivity index (χ1) is 5.85. The molecule has 1 heterocycles. The maximum absolute atomic E-state index is 7.58. The van der Waals surface area contributed by atoms with Gasteiger partial charge in [-0.3, -0.25) is 4.98 Å². The van der Waals surface area contributed by atoms with Crippen molar-refractivity contribution in [1.82, 2.24) is 4.98 Å². The van der Waals surface area contributed by atoms with Crippen molar-refractivity contribution >= 4 is 31.9 Å². The summed E-state index contributed by atoms with van der Waals surface area (Å²) in [6, 6.07) is 7.71. The normalized spacial score (nSPS) is 7.75. The van der Waals surface area contributed by atoms with E-state index in [-0.39, 0.29) is 0 Å². The highest BCUT2D eigenvalue weighted by molar-refractivity contribution is 9.09. The minimum atomic E-state index is 0.438. The van der Waals surface area contributed by atoms with Crippen molar-refractivity contribution in [1.29, 1.82) is 5.26 Å². The van der Waals surface area contributed by atoms with Gasteiger partial charge in [-0.15, -0.1) is 0 Å². The third-order valence-corrected chi connectivity index (χ3v) is 1.75. The van der Waals surface area contributed by atoms with Gasteiger partial charge in [0, 0.05) is 11.5 Å². The number of aromatic nitrogens is 1. The first kappa shape index (κ1) is 11.6. The lowest BCUT2D eigenvalue weighted by atomic mass is 10.4. The molecule has 0 aliphatic heterocycles. The highest BCUT2D eigenvalue weighted by Crippen LogP contribution is 1.97. The largest absolute Gasteiger partial charge is 0.260 e. The van der Waals surface area contributed by atoms with Crippen LogP contribution in [-0.2, 0) is 5.33 Å². The van der Waals surface area contributed by atoms with E-state index < -0.39 is 0 Å². The second-order valence-corrected chi connectivity index (χ2v) is 2.87. The molecule has 12 heavy (non-hydrogen) atoms. The van der Waals surface area contributed by atoms with E-state index in [0.29, 0.717) is 5.33 Å². The molecule has 0 saturated carbocycles. The van der Waals surface area contributed by atoms with Crippen LogP contribution in [0.3, 0.4) is 0 Å². The molecule has 4 heteroatoms. The zero-order chi connectivity index (χ0) is 9.23. The average molecular weight is 292 g/mol. The Morgan fingerprint density at radius 2 is 2.08 bits per heavy atom. The quantitative estimate of drug-likeness (QED) is 0.746. The number of nitriles is 1. The summed E-state index contributed by atoms with van der Waals surface area (Å²) < 4.78 is 0. The van der Waals surface area contributed by atoms with Crippen molar-refractivity contribution in [2.75, 3.05) is 5.33 Å². The van der Waals surface area contributed by atoms with Crippen molar-refractivity contribution in [2.24, 2.45) is 0 Å². The smallest absolute Gasteiger partial charge is 0.0905 e. The van der Waals surface area contributed by atoms with Gasteiger partial charge >= 0.3 is 0 Å². The van der Waals surface area contributed by atoms with E-state index in [0.717, 1.165) is 11.0 Å². The van der Waals surface area contributed by atoms with Crippen LogP contribution >= 0.6 is 31.9 Å². The standard InChI is InChI=1S/C6H6BrN.C2H2BrN/c7-5-6-3-1-2-4-8-6;3-1-2-4/h1-4H,5H2;1H2. The third-order valence-electron chi connectivity index (χ3n) is 0.923. The molecule has 0 radical (unpaired) electrons. The fraction of sp³-hybridized carbons (Fsp3) is 0.250. The molecule has 0 unspecified atom stereocenters. The van der Waals surface area contributed by atoms with Crippen LogP contribution < -0.4 is 0 Å². The second-order valence-electron chi connectivity index (χ2n) is 1.75. The molecule has 0 aliphatic rings. The Morgan fingerprint density at radius 1 is 1.42 bits per heavy atom. The van der Waals surface area contributed by atoms with Crippen LogP contribution in [0.15, 0.2) is 24.4 Å². The Kier molecular flexibility index (Phi) is 8.40. The Bertz CT molecular complexity index is 231. The highest BCUT2D eigenvalue weighted by Gasteiger charge is 1.83. The molecule has 1 rings (SSSR count). The number of rotatable bonds is 1. The maximum atomic E-state index is 7.58. The molecular formula is C8H8Br2N2. The summed E-state index contributed by atoms with van der Waals surface area (Å²) in [7, 11) is 0. The van der Waals surface area contributed by atoms with Gasteiger partial charge in [0.15, 0.2) is 0 Å². The number of halogens is 2. The van der Waals surface area contributed by atoms with Crippen molar-refractivity contribution < 1.29 is 0 Å². The van der Waals surface area contributed by atoms with E-state index in [1.54, 1.807) is 6.20 Å². The molecule has 0 saturated heterocycles. The van der Waals surface area contributed by atoms with Gasteiger partial charge in [0.25, 0.3) is 0 Å². The van der Waals surface area contributed by atoms with E-state index in [1.807, 2.05) is 24.3 Å². The van der Waals surface area contributed by atoms with Gasteiger partial charge in [0.1, 0.15) is 0 Å². The lowest BCUT2D eigenvalue weighted by Gasteiger charge is -1.87. The molecule has 1 aromatic rings. The van der Waals surface area contributed by atoms with E-state index in [1.165, 1.54) is 0 Å². The summed E-state index contributed by atoms with van der Waals surface area (Å²) in [5, 5.41) is 8.86. The van der Waals surface area contributed by atoms with Gasteiger partial charge in [-0.05, 0) is 12.1 Å². The molecule has 2 nitrogen and oxygen atoms in total. The van der Waals surface area contributed by atoms with E-state index >= 15 is 0 Å². The lowest BCUT2D eigenvalue weighted by molar-refractivity contribution is 1.19. The lowest BCUT2D eigenvalue weighted by Crippen LogP contribution is -1.78. The van der Waals surface area contributed by atoms with Crippen LogP contribution in [0.4, 0.5) is 0 Å². The minimum Gasteiger partial charge on any atom is -0.260 e. The fourth-order valence-corrected chi connectivity index (χ4v) is 0.809. The van der Waals surface area contributed by atoms with Crippen molar-refractivity contribution in [3.05, 3.63) is 30.1 Å². The summed E-state index contributed by atoms with van der Waals surface area (Å²) >= 11 is 6.18.